The van der Waals surface area contributed by atoms with Gasteiger partial charge in [0.2, 0.25) is 0 Å². The summed E-state index contributed by atoms with van der Waals surface area (Å²) >= 11 is 0. The molecule has 0 aliphatic carbocycles. The van der Waals surface area contributed by atoms with Crippen LogP contribution in [-0.4, -0.2) is 6.10 Å². The first-order chi connectivity index (χ1) is 4.43. The van der Waals surface area contributed by atoms with Gasteiger partial charge >= 0.3 is 0 Å². The second kappa shape index (κ2) is 3.33. The number of hydrogen-bond acceptors (Lipinski definition) is 1. The summed E-state index contributed by atoms with van der Waals surface area (Å²) in [5.41, 5.74) is 0. The maximum atomic E-state index is 5.25. The number of allylic oxidation sites excluding steroid dienone is 2. The summed E-state index contributed by atoms with van der Waals surface area (Å²) in [6, 6.07) is 0. The van der Waals surface area contributed by atoms with E-state index in [1.807, 2.05) is 13.0 Å². The van der Waals surface area contributed by atoms with Crippen molar-refractivity contribution in [3.05, 3.63) is 24.5 Å². The van der Waals surface area contributed by atoms with E-state index in [4.69, 9.17) is 4.74 Å². The van der Waals surface area contributed by atoms with E-state index in [-0.39, 0.29) is 0 Å². The van der Waals surface area contributed by atoms with Crippen LogP contribution in [0.1, 0.15) is 19.8 Å². The molecule has 0 unspecified atom stereocenters. The lowest BCUT2D eigenvalue weighted by atomic mass is 10.1. The minimum absolute atomic E-state index is 0.333. The van der Waals surface area contributed by atoms with Crippen molar-refractivity contribution in [2.45, 2.75) is 25.9 Å². The smallest absolute Gasteiger partial charge is 0.116 e. The van der Waals surface area contributed by atoms with E-state index in [1.165, 1.54) is 0 Å². The van der Waals surface area contributed by atoms with Crippen molar-refractivity contribution in [3.63, 3.8) is 0 Å². The molecule has 0 fully saturated rings. The summed E-state index contributed by atoms with van der Waals surface area (Å²) in [6.45, 7) is 2.02. The van der Waals surface area contributed by atoms with E-state index in [1.54, 1.807) is 6.26 Å². The van der Waals surface area contributed by atoms with Gasteiger partial charge in [0.15, 0.2) is 0 Å². The Labute approximate surface area is 56.0 Å². The average molecular weight is 124 g/mol. The van der Waals surface area contributed by atoms with Crippen molar-refractivity contribution >= 4 is 0 Å². The van der Waals surface area contributed by atoms with Crippen molar-refractivity contribution in [2.24, 2.45) is 0 Å². The molecule has 50 valence electrons. The van der Waals surface area contributed by atoms with Crippen molar-refractivity contribution in [1.82, 2.24) is 0 Å². The summed E-state index contributed by atoms with van der Waals surface area (Å²) in [5, 5.41) is 0. The molecular weight excluding hydrogens is 112 g/mol. The summed E-state index contributed by atoms with van der Waals surface area (Å²) in [7, 11) is 0. The second-order valence-electron chi connectivity index (χ2n) is 2.15. The van der Waals surface area contributed by atoms with Crippen LogP contribution in [0.25, 0.3) is 0 Å². The topological polar surface area (TPSA) is 9.23 Å². The number of rotatable bonds is 1. The molecule has 1 aliphatic rings. The van der Waals surface area contributed by atoms with Crippen LogP contribution in [0.15, 0.2) is 24.5 Å². The van der Waals surface area contributed by atoms with Gasteiger partial charge in [-0.25, -0.2) is 0 Å². The predicted molar refractivity (Wildman–Crippen MR) is 38.1 cm³/mol. The highest BCUT2D eigenvalue weighted by atomic mass is 16.5. The first-order valence-electron chi connectivity index (χ1n) is 3.37. The zero-order valence-corrected chi connectivity index (χ0v) is 5.71. The van der Waals surface area contributed by atoms with Gasteiger partial charge < -0.3 is 4.74 Å². The molecular formula is C8H12O. The third-order valence-electron chi connectivity index (χ3n) is 1.37. The maximum Gasteiger partial charge on any atom is 0.116 e. The third kappa shape index (κ3) is 1.92. The first kappa shape index (κ1) is 6.40. The van der Waals surface area contributed by atoms with Gasteiger partial charge in [-0.3, -0.25) is 0 Å². The van der Waals surface area contributed by atoms with E-state index >= 15 is 0 Å². The fraction of sp³-hybridized carbons (Fsp3) is 0.500. The Bertz CT molecular complexity index is 125. The summed E-state index contributed by atoms with van der Waals surface area (Å²) in [5.74, 6) is 0. The zero-order valence-electron chi connectivity index (χ0n) is 5.71. The van der Waals surface area contributed by atoms with E-state index in [9.17, 15) is 0 Å². The van der Waals surface area contributed by atoms with Crippen LogP contribution in [0.2, 0.25) is 0 Å². The molecule has 0 aromatic rings. The number of ether oxygens (including phenoxy) is 1. The molecule has 1 atom stereocenters. The molecule has 0 saturated carbocycles. The zero-order chi connectivity index (χ0) is 6.53. The van der Waals surface area contributed by atoms with Gasteiger partial charge in [-0.15, -0.1) is 0 Å². The molecule has 0 bridgehead atoms. The third-order valence-corrected chi connectivity index (χ3v) is 1.37. The van der Waals surface area contributed by atoms with Gasteiger partial charge in [0.1, 0.15) is 6.10 Å². The molecule has 9 heavy (non-hydrogen) atoms. The van der Waals surface area contributed by atoms with Gasteiger partial charge in [-0.2, -0.15) is 0 Å². The molecule has 1 aliphatic heterocycles. The molecule has 1 rings (SSSR count). The van der Waals surface area contributed by atoms with Crippen LogP contribution in [0, 0.1) is 0 Å². The van der Waals surface area contributed by atoms with Gasteiger partial charge in [-0.05, 0) is 31.9 Å². The normalized spacial score (nSPS) is 26.6. The Kier molecular flexibility index (Phi) is 2.37. The molecule has 0 saturated heterocycles. The number of hydrogen-bond donors (Lipinski definition) is 0. The minimum atomic E-state index is 0.333. The Hall–Kier alpha value is -0.720. The van der Waals surface area contributed by atoms with Crippen molar-refractivity contribution in [1.29, 1.82) is 0 Å². The highest BCUT2D eigenvalue weighted by Gasteiger charge is 2.04. The lowest BCUT2D eigenvalue weighted by Gasteiger charge is -2.14. The summed E-state index contributed by atoms with van der Waals surface area (Å²) in [4.78, 5) is 0. The Balaban J connectivity index is 2.35. The Morgan fingerprint density at radius 1 is 1.67 bits per heavy atom. The molecule has 0 radical (unpaired) electrons. The molecule has 0 spiro atoms. The van der Waals surface area contributed by atoms with Crippen LogP contribution in [0.5, 0.6) is 0 Å². The van der Waals surface area contributed by atoms with Gasteiger partial charge in [0.05, 0.1) is 6.26 Å². The van der Waals surface area contributed by atoms with E-state index in [0.717, 1.165) is 12.8 Å². The van der Waals surface area contributed by atoms with E-state index in [0.29, 0.717) is 6.10 Å². The molecule has 0 N–H and O–H groups in total. The standard InChI is InChI=1S/C8H12O/c1-2-5-8-6-3-4-7-9-8/h2,4-5,7-8H,3,6H2,1H3/b5-2-/t8-/m0/s1. The van der Waals surface area contributed by atoms with E-state index in [2.05, 4.69) is 12.2 Å². The Morgan fingerprint density at radius 2 is 2.56 bits per heavy atom. The first-order valence-corrected chi connectivity index (χ1v) is 3.37. The molecule has 0 amide bonds. The monoisotopic (exact) mass is 124 g/mol. The summed E-state index contributed by atoms with van der Waals surface area (Å²) in [6.07, 6.45) is 10.6. The highest BCUT2D eigenvalue weighted by molar-refractivity contribution is 4.93. The van der Waals surface area contributed by atoms with Gasteiger partial charge in [0, 0.05) is 0 Å². The van der Waals surface area contributed by atoms with Crippen LogP contribution in [0.3, 0.4) is 0 Å². The fourth-order valence-electron chi connectivity index (χ4n) is 0.909. The van der Waals surface area contributed by atoms with E-state index < -0.39 is 0 Å². The largest absolute Gasteiger partial charge is 0.494 e. The molecule has 0 aromatic heterocycles. The van der Waals surface area contributed by atoms with Crippen LogP contribution in [-0.2, 0) is 4.74 Å². The van der Waals surface area contributed by atoms with Gasteiger partial charge in [0.25, 0.3) is 0 Å². The SMILES string of the molecule is C/C=C\[C@H]1CCC=CO1. The second-order valence-corrected chi connectivity index (χ2v) is 2.15. The minimum Gasteiger partial charge on any atom is -0.494 e. The van der Waals surface area contributed by atoms with Crippen molar-refractivity contribution in [2.75, 3.05) is 0 Å². The average Bonchev–Trinajstić information content (AvgIpc) is 1.91. The quantitative estimate of drug-likeness (QED) is 0.487. The Morgan fingerprint density at radius 3 is 3.11 bits per heavy atom. The molecule has 1 nitrogen and oxygen atoms in total. The van der Waals surface area contributed by atoms with Crippen LogP contribution < -0.4 is 0 Å². The summed E-state index contributed by atoms with van der Waals surface area (Å²) < 4.78 is 5.25. The van der Waals surface area contributed by atoms with Crippen LogP contribution in [0.4, 0.5) is 0 Å². The van der Waals surface area contributed by atoms with Crippen LogP contribution >= 0.6 is 0 Å². The lowest BCUT2D eigenvalue weighted by Crippen LogP contribution is -2.07. The van der Waals surface area contributed by atoms with Crippen molar-refractivity contribution in [3.8, 4) is 0 Å². The van der Waals surface area contributed by atoms with Crippen molar-refractivity contribution < 1.29 is 4.74 Å². The molecule has 1 heterocycles. The molecule has 0 aromatic carbocycles. The highest BCUT2D eigenvalue weighted by Crippen LogP contribution is 2.10. The predicted octanol–water partition coefficient (Wildman–Crippen LogP) is 2.26. The maximum absolute atomic E-state index is 5.25. The van der Waals surface area contributed by atoms with Gasteiger partial charge in [-0.1, -0.05) is 6.08 Å². The lowest BCUT2D eigenvalue weighted by molar-refractivity contribution is 0.165. The molecule has 1 heteroatoms. The fourth-order valence-corrected chi connectivity index (χ4v) is 0.909.